The van der Waals surface area contributed by atoms with Crippen molar-refractivity contribution in [3.05, 3.63) is 53.6 Å². The van der Waals surface area contributed by atoms with E-state index in [0.717, 1.165) is 36.2 Å². The van der Waals surface area contributed by atoms with Gasteiger partial charge < -0.3 is 4.90 Å². The fourth-order valence-electron chi connectivity index (χ4n) is 2.59. The molecule has 0 spiro atoms. The lowest BCUT2D eigenvalue weighted by Crippen LogP contribution is -2.21. The van der Waals surface area contributed by atoms with E-state index in [0.29, 0.717) is 10.3 Å². The first kappa shape index (κ1) is 17.3. The highest BCUT2D eigenvalue weighted by molar-refractivity contribution is 7.22. The molecule has 0 saturated carbocycles. The van der Waals surface area contributed by atoms with E-state index in [9.17, 15) is 13.6 Å². The number of nitrogens with one attached hydrogen (secondary N) is 1. The highest BCUT2D eigenvalue weighted by atomic mass is 32.1. The van der Waals surface area contributed by atoms with Crippen molar-refractivity contribution in [3.8, 4) is 0 Å². The number of benzene rings is 2. The van der Waals surface area contributed by atoms with Crippen molar-refractivity contribution in [2.75, 3.05) is 23.3 Å². The SMILES string of the molecule is CCN(CC)c1ccc(C(=O)Nc2nc3c(F)cc(F)cc3s2)cc1. The Bertz CT molecular complexity index is 905. The molecule has 0 aliphatic rings. The number of halogens is 2. The average molecular weight is 361 g/mol. The van der Waals surface area contributed by atoms with Crippen LogP contribution in [-0.4, -0.2) is 24.0 Å². The lowest BCUT2D eigenvalue weighted by Gasteiger charge is -2.20. The number of aromatic nitrogens is 1. The Hall–Kier alpha value is -2.54. The Morgan fingerprint density at radius 1 is 1.16 bits per heavy atom. The summed E-state index contributed by atoms with van der Waals surface area (Å²) in [6, 6.07) is 9.21. The van der Waals surface area contributed by atoms with E-state index < -0.39 is 11.6 Å². The van der Waals surface area contributed by atoms with E-state index in [1.54, 1.807) is 12.1 Å². The van der Waals surface area contributed by atoms with Gasteiger partial charge in [0.1, 0.15) is 11.3 Å². The molecule has 1 heterocycles. The van der Waals surface area contributed by atoms with Gasteiger partial charge in [-0.05, 0) is 44.2 Å². The number of amides is 1. The van der Waals surface area contributed by atoms with Crippen molar-refractivity contribution < 1.29 is 13.6 Å². The average Bonchev–Trinajstić information content (AvgIpc) is 2.99. The molecule has 0 aliphatic carbocycles. The van der Waals surface area contributed by atoms with Crippen molar-refractivity contribution in [3.63, 3.8) is 0 Å². The van der Waals surface area contributed by atoms with Crippen LogP contribution in [0.1, 0.15) is 24.2 Å². The third kappa shape index (κ3) is 3.61. The molecule has 0 bridgehead atoms. The van der Waals surface area contributed by atoms with Crippen molar-refractivity contribution >= 4 is 38.3 Å². The van der Waals surface area contributed by atoms with Crippen LogP contribution in [0, 0.1) is 11.6 Å². The molecule has 0 fully saturated rings. The maximum absolute atomic E-state index is 13.7. The van der Waals surface area contributed by atoms with Gasteiger partial charge >= 0.3 is 0 Å². The van der Waals surface area contributed by atoms with Crippen LogP contribution in [0.15, 0.2) is 36.4 Å². The Morgan fingerprint density at radius 2 is 1.84 bits per heavy atom. The molecule has 25 heavy (non-hydrogen) atoms. The summed E-state index contributed by atoms with van der Waals surface area (Å²) < 4.78 is 27.3. The molecule has 3 rings (SSSR count). The van der Waals surface area contributed by atoms with Crippen LogP contribution in [0.3, 0.4) is 0 Å². The van der Waals surface area contributed by atoms with Crippen LogP contribution in [0.25, 0.3) is 10.2 Å². The van der Waals surface area contributed by atoms with E-state index in [-0.39, 0.29) is 16.6 Å². The van der Waals surface area contributed by atoms with Gasteiger partial charge in [0.05, 0.1) is 4.70 Å². The molecule has 7 heteroatoms. The van der Waals surface area contributed by atoms with Crippen molar-refractivity contribution in [2.24, 2.45) is 0 Å². The van der Waals surface area contributed by atoms with Crippen molar-refractivity contribution in [1.82, 2.24) is 4.98 Å². The number of nitrogens with zero attached hydrogens (tertiary/aromatic N) is 2. The summed E-state index contributed by atoms with van der Waals surface area (Å²) in [5.74, 6) is -1.75. The molecule has 0 radical (unpaired) electrons. The number of carbonyl (C=O) groups excluding carboxylic acids is 1. The molecule has 130 valence electrons. The molecule has 0 aliphatic heterocycles. The van der Waals surface area contributed by atoms with Gasteiger partial charge in [-0.15, -0.1) is 0 Å². The molecule has 0 unspecified atom stereocenters. The zero-order valence-electron chi connectivity index (χ0n) is 13.8. The molecule has 4 nitrogen and oxygen atoms in total. The quantitative estimate of drug-likeness (QED) is 0.718. The van der Waals surface area contributed by atoms with Crippen molar-refractivity contribution in [1.29, 1.82) is 0 Å². The Balaban J connectivity index is 1.79. The molecule has 1 amide bonds. The van der Waals surface area contributed by atoms with E-state index in [4.69, 9.17) is 0 Å². The first-order valence-electron chi connectivity index (χ1n) is 7.93. The van der Waals surface area contributed by atoms with Crippen LogP contribution in [0.2, 0.25) is 0 Å². The molecule has 1 aromatic heterocycles. The zero-order chi connectivity index (χ0) is 18.0. The van der Waals surface area contributed by atoms with E-state index in [1.807, 2.05) is 12.1 Å². The molecule has 2 aromatic carbocycles. The van der Waals surface area contributed by atoms with E-state index in [2.05, 4.69) is 29.0 Å². The first-order valence-corrected chi connectivity index (χ1v) is 8.75. The minimum Gasteiger partial charge on any atom is -0.372 e. The number of fused-ring (bicyclic) bond motifs is 1. The second-order valence-electron chi connectivity index (χ2n) is 5.43. The third-order valence-corrected chi connectivity index (χ3v) is 4.81. The fourth-order valence-corrected chi connectivity index (χ4v) is 3.49. The molecule has 3 aromatic rings. The number of carbonyl (C=O) groups is 1. The van der Waals surface area contributed by atoms with Gasteiger partial charge in [-0.25, -0.2) is 13.8 Å². The summed E-state index contributed by atoms with van der Waals surface area (Å²) in [7, 11) is 0. The standard InChI is InChI=1S/C18H17F2N3OS/c1-3-23(4-2)13-7-5-11(6-8-13)17(24)22-18-21-16-14(20)9-12(19)10-15(16)25-18/h5-10H,3-4H2,1-2H3,(H,21,22,24). The Morgan fingerprint density at radius 3 is 2.48 bits per heavy atom. The number of hydrogen-bond donors (Lipinski definition) is 1. The first-order chi connectivity index (χ1) is 12.0. The summed E-state index contributed by atoms with van der Waals surface area (Å²) in [6.07, 6.45) is 0. The maximum Gasteiger partial charge on any atom is 0.257 e. The zero-order valence-corrected chi connectivity index (χ0v) is 14.7. The van der Waals surface area contributed by atoms with Gasteiger partial charge in [0.15, 0.2) is 10.9 Å². The maximum atomic E-state index is 13.7. The topological polar surface area (TPSA) is 45.2 Å². The van der Waals surface area contributed by atoms with E-state index in [1.165, 1.54) is 6.07 Å². The summed E-state index contributed by atoms with van der Waals surface area (Å²) in [4.78, 5) is 18.5. The smallest absolute Gasteiger partial charge is 0.257 e. The molecular weight excluding hydrogens is 344 g/mol. The second-order valence-corrected chi connectivity index (χ2v) is 6.46. The predicted octanol–water partition coefficient (Wildman–Crippen LogP) is 4.67. The number of hydrogen-bond acceptors (Lipinski definition) is 4. The normalized spacial score (nSPS) is 10.9. The molecule has 1 N–H and O–H groups in total. The highest BCUT2D eigenvalue weighted by Gasteiger charge is 2.14. The Kier molecular flexibility index (Phi) is 4.94. The number of thiazole rings is 1. The summed E-state index contributed by atoms with van der Waals surface area (Å²) in [5.41, 5.74) is 1.57. The van der Waals surface area contributed by atoms with Gasteiger partial charge in [0.2, 0.25) is 0 Å². The van der Waals surface area contributed by atoms with Gasteiger partial charge in [0.25, 0.3) is 5.91 Å². The minimum atomic E-state index is -0.740. The lowest BCUT2D eigenvalue weighted by molar-refractivity contribution is 0.102. The summed E-state index contributed by atoms with van der Waals surface area (Å²) in [5, 5.41) is 2.87. The third-order valence-electron chi connectivity index (χ3n) is 3.89. The van der Waals surface area contributed by atoms with Crippen LogP contribution < -0.4 is 10.2 Å². The van der Waals surface area contributed by atoms with Crippen LogP contribution in [0.5, 0.6) is 0 Å². The van der Waals surface area contributed by atoms with Crippen LogP contribution in [-0.2, 0) is 0 Å². The monoisotopic (exact) mass is 361 g/mol. The predicted molar refractivity (Wildman–Crippen MR) is 97.5 cm³/mol. The second kappa shape index (κ2) is 7.14. The van der Waals surface area contributed by atoms with Crippen LogP contribution >= 0.6 is 11.3 Å². The number of rotatable bonds is 5. The fraction of sp³-hybridized carbons (Fsp3) is 0.222. The van der Waals surface area contributed by atoms with Gasteiger partial charge in [-0.2, -0.15) is 0 Å². The van der Waals surface area contributed by atoms with E-state index >= 15 is 0 Å². The van der Waals surface area contributed by atoms with Crippen molar-refractivity contribution in [2.45, 2.75) is 13.8 Å². The van der Waals surface area contributed by atoms with Gasteiger partial charge in [0, 0.05) is 30.4 Å². The molecule has 0 saturated heterocycles. The minimum absolute atomic E-state index is 0.0542. The lowest BCUT2D eigenvalue weighted by atomic mass is 10.2. The van der Waals surface area contributed by atoms with Crippen LogP contribution in [0.4, 0.5) is 19.6 Å². The largest absolute Gasteiger partial charge is 0.372 e. The number of anilines is 2. The summed E-state index contributed by atoms with van der Waals surface area (Å²) >= 11 is 1.03. The van der Waals surface area contributed by atoms with Gasteiger partial charge in [-0.3, -0.25) is 10.1 Å². The van der Waals surface area contributed by atoms with Gasteiger partial charge in [-0.1, -0.05) is 11.3 Å². The Labute approximate surface area is 148 Å². The molecule has 0 atom stereocenters. The highest BCUT2D eigenvalue weighted by Crippen LogP contribution is 2.29. The summed E-state index contributed by atoms with van der Waals surface area (Å²) in [6.45, 7) is 5.91. The molecular formula is C18H17F2N3OS.